The van der Waals surface area contributed by atoms with E-state index in [1.54, 1.807) is 14.2 Å². The number of carbonyl (C=O) groups is 8. The van der Waals surface area contributed by atoms with Gasteiger partial charge in [-0.25, -0.2) is 0 Å². The van der Waals surface area contributed by atoms with Crippen LogP contribution < -0.4 is 30.7 Å². The first-order valence-corrected chi connectivity index (χ1v) is 46.0. The molecule has 4 aliphatic carbocycles. The lowest BCUT2D eigenvalue weighted by Gasteiger charge is -2.44. The molecule has 0 spiro atoms. The Kier molecular flexibility index (Phi) is 31.5. The molecule has 6 heterocycles. The second-order valence-corrected chi connectivity index (χ2v) is 34.9. The highest BCUT2D eigenvalue weighted by molar-refractivity contribution is 6.27. The maximum atomic E-state index is 13.1. The van der Waals surface area contributed by atoms with Gasteiger partial charge in [-0.15, -0.1) is 36.0 Å². The predicted octanol–water partition coefficient (Wildman–Crippen LogP) is 17.6. The molecule has 0 bridgehead atoms. The molecule has 4 saturated carbocycles. The molecular weight excluding hydrogens is 1600 g/mol. The van der Waals surface area contributed by atoms with Crippen LogP contribution in [0.3, 0.4) is 0 Å². The van der Waals surface area contributed by atoms with Gasteiger partial charge in [0.15, 0.2) is 0 Å². The van der Waals surface area contributed by atoms with E-state index in [2.05, 4.69) is 101 Å². The number of fused-ring (bicyclic) bond motifs is 4. The number of benzene rings is 6. The molecule has 16 rings (SSSR count). The number of aromatic amines is 2. The van der Waals surface area contributed by atoms with Crippen LogP contribution >= 0.6 is 23.2 Å². The van der Waals surface area contributed by atoms with Gasteiger partial charge in [-0.2, -0.15) is 0 Å². The van der Waals surface area contributed by atoms with Crippen LogP contribution in [-0.4, -0.2) is 151 Å². The minimum Gasteiger partial charge on any atom is -0.497 e. The molecule has 8 amide bonds. The van der Waals surface area contributed by atoms with Crippen molar-refractivity contribution in [1.82, 2.24) is 50.8 Å². The van der Waals surface area contributed by atoms with E-state index in [-0.39, 0.29) is 107 Å². The molecule has 4 aliphatic heterocycles. The van der Waals surface area contributed by atoms with Gasteiger partial charge in [0, 0.05) is 94.4 Å². The summed E-state index contributed by atoms with van der Waals surface area (Å²) >= 11 is 12.1. The SMILES string of the molecule is C#CC(=O)N1[C@@H](CCCC)Cc2cc(OC)ccc2[C@@H]1c1ccc(C(=O)NC2CC2)cc1.C#CC(=O)N1[C@@H](CCCC)Cc2cc[nH]c2[C@@H]1c1ccc(C(=O)NC2CCC2)cc1.CCCC[C@H]1Cc2cc(OC)ccc2[C@H](c2ccc(C(=O)NC3CC3)cc2)N1C(=O)CCl.CCCC[C@H]1Cc2cc[nH]c2[C@H](c2ccc(C(=O)NC3CCC3)cc2)N1C(=O)CCl. The Morgan fingerprint density at radius 1 is 0.379 bits per heavy atom. The fourth-order valence-corrected chi connectivity index (χ4v) is 18.6. The van der Waals surface area contributed by atoms with Gasteiger partial charge in [0.1, 0.15) is 23.3 Å². The third-order valence-electron chi connectivity index (χ3n) is 25.8. The van der Waals surface area contributed by atoms with Gasteiger partial charge in [0.05, 0.1) is 38.4 Å². The smallest absolute Gasteiger partial charge is 0.299 e. The molecular formula is C102H120Cl2N10O10. The molecule has 22 heteroatoms. The number of aromatic nitrogens is 2. The largest absolute Gasteiger partial charge is 0.497 e. The number of terminal acetylenes is 2. The number of H-pyrrole nitrogens is 2. The Morgan fingerprint density at radius 3 is 0.952 bits per heavy atom. The maximum absolute atomic E-state index is 13.1. The molecule has 0 radical (unpaired) electrons. The number of alkyl halides is 2. The normalized spacial score (nSPS) is 20.3. The number of rotatable bonds is 28. The number of amides is 8. The fraction of sp³-hybridized carbons (Fsp3) is 0.451. The van der Waals surface area contributed by atoms with Gasteiger partial charge in [-0.05, 0) is 268 Å². The lowest BCUT2D eigenvalue weighted by atomic mass is 9.82. The van der Waals surface area contributed by atoms with Crippen LogP contribution in [0.1, 0.15) is 302 Å². The van der Waals surface area contributed by atoms with Crippen molar-refractivity contribution < 1.29 is 47.8 Å². The molecule has 8 aromatic rings. The zero-order chi connectivity index (χ0) is 87.5. The molecule has 124 heavy (non-hydrogen) atoms. The average molecular weight is 1720 g/mol. The third kappa shape index (κ3) is 21.6. The second kappa shape index (κ2) is 43.0. The van der Waals surface area contributed by atoms with Gasteiger partial charge < -0.3 is 60.3 Å². The number of hydrogen-bond donors (Lipinski definition) is 6. The van der Waals surface area contributed by atoms with Crippen LogP contribution in [0.4, 0.5) is 0 Å². The number of carbonyl (C=O) groups excluding carboxylic acids is 8. The Hall–Kier alpha value is -11.1. The van der Waals surface area contributed by atoms with E-state index >= 15 is 0 Å². The third-order valence-corrected chi connectivity index (χ3v) is 26.3. The van der Waals surface area contributed by atoms with Crippen molar-refractivity contribution in [2.75, 3.05) is 26.0 Å². The van der Waals surface area contributed by atoms with E-state index in [1.165, 1.54) is 35.1 Å². The topological polar surface area (TPSA) is 248 Å². The highest BCUT2D eigenvalue weighted by Crippen LogP contribution is 2.46. The van der Waals surface area contributed by atoms with Gasteiger partial charge in [-0.1, -0.05) is 140 Å². The summed E-state index contributed by atoms with van der Waals surface area (Å²) < 4.78 is 10.9. The molecule has 2 aromatic heterocycles. The number of nitrogens with one attached hydrogen (secondary N) is 6. The lowest BCUT2D eigenvalue weighted by Crippen LogP contribution is -2.48. The van der Waals surface area contributed by atoms with Crippen molar-refractivity contribution in [2.45, 2.75) is 267 Å². The van der Waals surface area contributed by atoms with Crippen molar-refractivity contribution in [3.8, 4) is 36.2 Å². The highest BCUT2D eigenvalue weighted by atomic mass is 35.5. The number of ether oxygens (including phenoxy) is 2. The molecule has 8 atom stereocenters. The van der Waals surface area contributed by atoms with E-state index in [9.17, 15) is 38.4 Å². The van der Waals surface area contributed by atoms with Gasteiger partial charge in [0.2, 0.25) is 11.8 Å². The van der Waals surface area contributed by atoms with Crippen molar-refractivity contribution in [2.24, 2.45) is 0 Å². The zero-order valence-electron chi connectivity index (χ0n) is 72.5. The van der Waals surface area contributed by atoms with Crippen LogP contribution in [0.15, 0.2) is 158 Å². The first-order valence-electron chi connectivity index (χ1n) is 45.0. The number of halogens is 2. The summed E-state index contributed by atoms with van der Waals surface area (Å²) in [4.78, 5) is 116. The van der Waals surface area contributed by atoms with E-state index in [0.29, 0.717) is 46.4 Å². The molecule has 4 fully saturated rings. The summed E-state index contributed by atoms with van der Waals surface area (Å²) in [6.45, 7) is 8.64. The highest BCUT2D eigenvalue weighted by Gasteiger charge is 2.44. The standard InChI is InChI=1S/C27H30N2O3.C26H31ClN2O3.C25H29N3O2.C24H30ClN3O2/c1-4-6-7-22-16-20-17-23(32-3)14-15-24(20)26(29(22)25(30)5-2)18-8-10-19(11-9-18)27(31)28-21-12-13-21;1-3-4-5-21-14-19-15-22(32-2)12-13-23(19)25(29(21)24(30)16-27)17-6-8-18(9-7-17)26(31)28-20-10-11-20;1-3-5-9-21-16-19-14-15-26-23(19)24(28(21)22(29)4-2)17-10-12-18(13-11-17)25(30)27-20-7-6-8-20;1-2-3-7-20-14-18-12-13-26-22(18)23(28(20)21(29)15-25)16-8-10-17(11-9-16)24(30)27-19-5-4-6-19/h2,8-11,14-15,17,21-22,26H,4,6-7,12-13,16H2,1,3H3,(H,28,31);6-9,12-13,15,20-21,25H,3-5,10-11,14,16H2,1-2H3,(H,28,31);2,10-15,20-21,24,26H,3,5-9,16H2,1H3,(H,27,30);8-13,19-20,23,26H,2-7,14-15H2,1H3,(H,27,30)/t22-,26-;21-,25-;21-,24-;20-,23-/m0000/s1. The summed E-state index contributed by atoms with van der Waals surface area (Å²) in [5.41, 5.74) is 15.5. The quantitative estimate of drug-likeness (QED) is 0.0200. The Balaban J connectivity index is 0.000000142. The zero-order valence-corrected chi connectivity index (χ0v) is 74.0. The first-order chi connectivity index (χ1) is 60.3. The molecule has 8 aliphatic rings. The molecule has 6 aromatic carbocycles. The minimum absolute atomic E-state index is 0.0148. The number of hydrogen-bond acceptors (Lipinski definition) is 10. The Morgan fingerprint density at radius 2 is 0.661 bits per heavy atom. The van der Waals surface area contributed by atoms with Crippen molar-refractivity contribution in [3.63, 3.8) is 0 Å². The summed E-state index contributed by atoms with van der Waals surface area (Å²) in [5.74, 6) is 5.40. The van der Waals surface area contributed by atoms with Crippen molar-refractivity contribution in [1.29, 1.82) is 0 Å². The lowest BCUT2D eigenvalue weighted by molar-refractivity contribution is -0.134. The van der Waals surface area contributed by atoms with Crippen LogP contribution in [0.25, 0.3) is 0 Å². The van der Waals surface area contributed by atoms with Gasteiger partial charge in [0.25, 0.3) is 35.4 Å². The van der Waals surface area contributed by atoms with Crippen LogP contribution in [0.5, 0.6) is 11.5 Å². The minimum atomic E-state index is -0.298. The average Bonchev–Trinajstić information content (AvgIpc) is 1.09. The molecule has 652 valence electrons. The summed E-state index contributed by atoms with van der Waals surface area (Å²) in [7, 11) is 3.33. The fourth-order valence-electron chi connectivity index (χ4n) is 18.3. The summed E-state index contributed by atoms with van der Waals surface area (Å²) in [6, 6.07) is 47.3. The number of methoxy groups -OCH3 is 2. The van der Waals surface area contributed by atoms with Gasteiger partial charge >= 0.3 is 0 Å². The van der Waals surface area contributed by atoms with Gasteiger partial charge in [-0.3, -0.25) is 38.4 Å². The van der Waals surface area contributed by atoms with Crippen LogP contribution in [-0.2, 0) is 44.9 Å². The number of unbranched alkanes of at least 4 members (excludes halogenated alkanes) is 4. The Labute approximate surface area is 741 Å². The van der Waals surface area contributed by atoms with E-state index in [1.807, 2.05) is 147 Å². The summed E-state index contributed by atoms with van der Waals surface area (Å²) in [6.07, 6.45) is 41.2. The molecule has 20 nitrogen and oxygen atoms in total. The molecule has 6 N–H and O–H groups in total. The number of nitrogens with zero attached hydrogens (tertiary/aromatic N) is 4. The predicted molar refractivity (Wildman–Crippen MR) is 486 cm³/mol. The summed E-state index contributed by atoms with van der Waals surface area (Å²) in [5, 5.41) is 12.2. The second-order valence-electron chi connectivity index (χ2n) is 34.3. The molecule has 0 unspecified atom stereocenters. The van der Waals surface area contributed by atoms with Crippen molar-refractivity contribution >= 4 is 70.5 Å². The van der Waals surface area contributed by atoms with Crippen molar-refractivity contribution in [3.05, 3.63) is 247 Å². The van der Waals surface area contributed by atoms with E-state index in [4.69, 9.17) is 45.5 Å². The van der Waals surface area contributed by atoms with Crippen LogP contribution in [0.2, 0.25) is 0 Å². The maximum Gasteiger partial charge on any atom is 0.299 e. The van der Waals surface area contributed by atoms with E-state index in [0.717, 1.165) is 210 Å². The monoisotopic (exact) mass is 1710 g/mol. The molecule has 0 saturated heterocycles. The van der Waals surface area contributed by atoms with E-state index < -0.39 is 0 Å². The Bertz CT molecular complexity index is 5110. The van der Waals surface area contributed by atoms with Crippen LogP contribution in [0, 0.1) is 24.7 Å². The first kappa shape index (κ1) is 90.7.